The van der Waals surface area contributed by atoms with Gasteiger partial charge in [-0.1, -0.05) is 18.2 Å². The van der Waals surface area contributed by atoms with E-state index in [1.807, 2.05) is 18.2 Å². The summed E-state index contributed by atoms with van der Waals surface area (Å²) in [6.45, 7) is 0. The minimum absolute atomic E-state index is 0.314. The van der Waals surface area contributed by atoms with Crippen molar-refractivity contribution < 1.29 is 0 Å². The summed E-state index contributed by atoms with van der Waals surface area (Å²) >= 11 is 0. The van der Waals surface area contributed by atoms with Crippen LogP contribution in [-0.4, -0.2) is 19.7 Å². The van der Waals surface area contributed by atoms with E-state index in [2.05, 4.69) is 38.6 Å². The van der Waals surface area contributed by atoms with Crippen LogP contribution in [-0.2, 0) is 12.8 Å². The molecule has 0 aliphatic heterocycles. The molecule has 2 heterocycles. The first kappa shape index (κ1) is 12.8. The third-order valence-corrected chi connectivity index (χ3v) is 3.89. The van der Waals surface area contributed by atoms with Crippen LogP contribution in [0.5, 0.6) is 0 Å². The Kier molecular flexibility index (Phi) is 3.00. The van der Waals surface area contributed by atoms with Crippen molar-refractivity contribution in [3.63, 3.8) is 0 Å². The molecule has 3 aromatic rings. The predicted octanol–water partition coefficient (Wildman–Crippen LogP) is 2.48. The zero-order chi connectivity index (χ0) is 14.9. The van der Waals surface area contributed by atoms with Gasteiger partial charge in [-0.2, -0.15) is 9.67 Å². The molecule has 0 atom stereocenters. The largest absolute Gasteiger partial charge is 0.368 e. The smallest absolute Gasteiger partial charge is 0.248 e. The van der Waals surface area contributed by atoms with Gasteiger partial charge in [-0.3, -0.25) is 0 Å². The minimum Gasteiger partial charge on any atom is -0.368 e. The maximum atomic E-state index is 5.95. The highest BCUT2D eigenvalue weighted by Gasteiger charge is 2.16. The lowest BCUT2D eigenvalue weighted by Gasteiger charge is -2.08. The number of hydrogen-bond acceptors (Lipinski definition) is 5. The summed E-state index contributed by atoms with van der Waals surface area (Å²) in [5.41, 5.74) is 9.77. The molecule has 6 nitrogen and oxygen atoms in total. The number of anilines is 3. The third kappa shape index (κ3) is 2.18. The number of benzene rings is 1. The van der Waals surface area contributed by atoms with E-state index in [0.717, 1.165) is 18.5 Å². The van der Waals surface area contributed by atoms with Gasteiger partial charge in [-0.15, -0.1) is 5.10 Å². The maximum Gasteiger partial charge on any atom is 0.248 e. The summed E-state index contributed by atoms with van der Waals surface area (Å²) in [4.78, 5) is 8.53. The highest BCUT2D eigenvalue weighted by atomic mass is 15.4. The lowest BCUT2D eigenvalue weighted by atomic mass is 10.1. The Morgan fingerprint density at radius 2 is 2.05 bits per heavy atom. The van der Waals surface area contributed by atoms with Crippen molar-refractivity contribution in [3.05, 3.63) is 53.7 Å². The average Bonchev–Trinajstić information content (AvgIpc) is 3.15. The number of fused-ring (bicyclic) bond motifs is 1. The molecule has 0 spiro atoms. The second-order valence-corrected chi connectivity index (χ2v) is 5.32. The molecule has 4 rings (SSSR count). The lowest BCUT2D eigenvalue weighted by Crippen LogP contribution is -2.04. The molecule has 3 N–H and O–H groups in total. The molecule has 1 aliphatic carbocycles. The summed E-state index contributed by atoms with van der Waals surface area (Å²) in [6.07, 6.45) is 5.14. The summed E-state index contributed by atoms with van der Waals surface area (Å²) < 4.78 is 1.53. The first-order valence-corrected chi connectivity index (χ1v) is 7.33. The molecule has 0 radical (unpaired) electrons. The molecule has 0 bridgehead atoms. The highest BCUT2D eigenvalue weighted by Crippen LogP contribution is 2.30. The Hall–Kier alpha value is -2.89. The van der Waals surface area contributed by atoms with E-state index in [9.17, 15) is 0 Å². The molecule has 1 aliphatic rings. The average molecular weight is 292 g/mol. The van der Waals surface area contributed by atoms with Gasteiger partial charge in [0.05, 0.1) is 0 Å². The summed E-state index contributed by atoms with van der Waals surface area (Å²) in [7, 11) is 0. The van der Waals surface area contributed by atoms with Crippen LogP contribution < -0.4 is 11.1 Å². The number of nitrogens with two attached hydrogens (primary N) is 1. The zero-order valence-corrected chi connectivity index (χ0v) is 12.0. The molecule has 22 heavy (non-hydrogen) atoms. The standard InChI is InChI=1S/C16H16N6/c17-15-20-16(21-22(15)14-9-1-2-10-18-14)19-13-8-4-6-11-5-3-7-12(11)13/h1-2,4,6,8-10H,3,5,7H2,(H3,17,19,20,21). The van der Waals surface area contributed by atoms with Gasteiger partial charge in [0.1, 0.15) is 0 Å². The van der Waals surface area contributed by atoms with E-state index in [4.69, 9.17) is 5.73 Å². The highest BCUT2D eigenvalue weighted by molar-refractivity contribution is 5.62. The van der Waals surface area contributed by atoms with Crippen molar-refractivity contribution in [2.24, 2.45) is 0 Å². The van der Waals surface area contributed by atoms with Crippen LogP contribution >= 0.6 is 0 Å². The van der Waals surface area contributed by atoms with Crippen LogP contribution in [0.2, 0.25) is 0 Å². The summed E-state index contributed by atoms with van der Waals surface area (Å²) in [5.74, 6) is 1.45. The van der Waals surface area contributed by atoms with E-state index in [-0.39, 0.29) is 0 Å². The van der Waals surface area contributed by atoms with Gasteiger partial charge < -0.3 is 11.1 Å². The van der Waals surface area contributed by atoms with E-state index in [0.29, 0.717) is 17.7 Å². The second-order valence-electron chi connectivity index (χ2n) is 5.32. The van der Waals surface area contributed by atoms with Gasteiger partial charge in [-0.25, -0.2) is 4.98 Å². The molecule has 0 saturated carbocycles. The predicted molar refractivity (Wildman–Crippen MR) is 85.3 cm³/mol. The molecule has 0 saturated heterocycles. The fourth-order valence-electron chi connectivity index (χ4n) is 2.88. The van der Waals surface area contributed by atoms with Crippen molar-refractivity contribution in [2.75, 3.05) is 11.1 Å². The Morgan fingerprint density at radius 1 is 1.09 bits per heavy atom. The minimum atomic E-state index is 0.314. The van der Waals surface area contributed by atoms with Crippen LogP contribution in [0.1, 0.15) is 17.5 Å². The quantitative estimate of drug-likeness (QED) is 0.775. The molecular formula is C16H16N6. The van der Waals surface area contributed by atoms with Crippen LogP contribution in [0.4, 0.5) is 17.6 Å². The molecule has 110 valence electrons. The van der Waals surface area contributed by atoms with Crippen LogP contribution in [0.25, 0.3) is 5.82 Å². The van der Waals surface area contributed by atoms with Gasteiger partial charge >= 0.3 is 0 Å². The fourth-order valence-corrected chi connectivity index (χ4v) is 2.88. The summed E-state index contributed by atoms with van der Waals surface area (Å²) in [5, 5.41) is 7.69. The van der Waals surface area contributed by atoms with Crippen molar-refractivity contribution in [1.82, 2.24) is 19.7 Å². The second kappa shape index (κ2) is 5.14. The van der Waals surface area contributed by atoms with Crippen LogP contribution in [0, 0.1) is 0 Å². The Morgan fingerprint density at radius 3 is 2.91 bits per heavy atom. The fraction of sp³-hybridized carbons (Fsp3) is 0.188. The van der Waals surface area contributed by atoms with Crippen molar-refractivity contribution in [3.8, 4) is 5.82 Å². The first-order chi connectivity index (χ1) is 10.8. The number of nitrogen functional groups attached to an aromatic ring is 1. The number of aromatic nitrogens is 4. The van der Waals surface area contributed by atoms with Gasteiger partial charge in [0.15, 0.2) is 5.82 Å². The van der Waals surface area contributed by atoms with E-state index in [1.165, 1.54) is 22.2 Å². The van der Waals surface area contributed by atoms with Crippen molar-refractivity contribution in [2.45, 2.75) is 19.3 Å². The van der Waals surface area contributed by atoms with Gasteiger partial charge in [0.2, 0.25) is 11.9 Å². The maximum absolute atomic E-state index is 5.95. The van der Waals surface area contributed by atoms with Crippen molar-refractivity contribution >= 4 is 17.6 Å². The van der Waals surface area contributed by atoms with Crippen LogP contribution in [0.3, 0.4) is 0 Å². The molecule has 2 aromatic heterocycles. The Labute approximate surface area is 128 Å². The first-order valence-electron chi connectivity index (χ1n) is 7.33. The van der Waals surface area contributed by atoms with Gasteiger partial charge in [0, 0.05) is 11.9 Å². The molecule has 0 amide bonds. The Balaban J connectivity index is 1.67. The van der Waals surface area contributed by atoms with Gasteiger partial charge in [0.25, 0.3) is 0 Å². The topological polar surface area (TPSA) is 81.6 Å². The van der Waals surface area contributed by atoms with E-state index in [1.54, 1.807) is 6.20 Å². The summed E-state index contributed by atoms with van der Waals surface area (Å²) in [6, 6.07) is 11.9. The number of pyridine rings is 1. The van der Waals surface area contributed by atoms with Crippen LogP contribution in [0.15, 0.2) is 42.6 Å². The molecule has 0 unspecified atom stereocenters. The van der Waals surface area contributed by atoms with E-state index >= 15 is 0 Å². The number of nitrogens with zero attached hydrogens (tertiary/aromatic N) is 4. The molecule has 0 fully saturated rings. The normalized spacial score (nSPS) is 13.1. The van der Waals surface area contributed by atoms with Gasteiger partial charge in [-0.05, 0) is 48.6 Å². The van der Waals surface area contributed by atoms with E-state index < -0.39 is 0 Å². The number of hydrogen-bond donors (Lipinski definition) is 2. The molecule has 6 heteroatoms. The van der Waals surface area contributed by atoms with Crippen molar-refractivity contribution in [1.29, 1.82) is 0 Å². The lowest BCUT2D eigenvalue weighted by molar-refractivity contribution is 0.859. The third-order valence-electron chi connectivity index (χ3n) is 3.89. The number of rotatable bonds is 3. The number of nitrogens with one attached hydrogen (secondary N) is 1. The zero-order valence-electron chi connectivity index (χ0n) is 12.0. The SMILES string of the molecule is Nc1nc(Nc2cccc3c2CCC3)nn1-c1ccccn1. The Bertz CT molecular complexity index is 809. The number of aryl methyl sites for hydroxylation is 1. The molecular weight excluding hydrogens is 276 g/mol. The monoisotopic (exact) mass is 292 g/mol. The molecule has 1 aromatic carbocycles.